The molecule has 138 valence electrons. The van der Waals surface area contributed by atoms with E-state index in [-0.39, 0.29) is 5.91 Å². The van der Waals surface area contributed by atoms with Gasteiger partial charge in [-0.15, -0.1) is 11.8 Å². The van der Waals surface area contributed by atoms with Gasteiger partial charge < -0.3 is 9.64 Å². The third-order valence-corrected chi connectivity index (χ3v) is 5.38. The van der Waals surface area contributed by atoms with Crippen molar-refractivity contribution in [3.8, 4) is 5.75 Å². The average molecular weight is 371 g/mol. The van der Waals surface area contributed by atoms with Crippen molar-refractivity contribution in [3.05, 3.63) is 59.7 Å². The van der Waals surface area contributed by atoms with Gasteiger partial charge in [0.1, 0.15) is 5.75 Å². The minimum absolute atomic E-state index is 0.137. The summed E-state index contributed by atoms with van der Waals surface area (Å²) in [4.78, 5) is 18.2. The Morgan fingerprint density at radius 1 is 1.00 bits per heavy atom. The number of benzene rings is 2. The van der Waals surface area contributed by atoms with Gasteiger partial charge in [-0.25, -0.2) is 0 Å². The fourth-order valence-corrected chi connectivity index (χ4v) is 3.55. The first-order valence-corrected chi connectivity index (χ1v) is 10.3. The van der Waals surface area contributed by atoms with Gasteiger partial charge in [0, 0.05) is 43.2 Å². The standard InChI is InChI=1S/C21H26N2O2S/c1-3-25-19-8-4-17(5-9-19)16-22-12-14-23(15-13-22)21(24)18-6-10-20(26-2)11-7-18/h4-11H,3,12-16H2,1-2H3. The maximum absolute atomic E-state index is 12.7. The minimum atomic E-state index is 0.137. The summed E-state index contributed by atoms with van der Waals surface area (Å²) in [6.07, 6.45) is 2.04. The zero-order valence-corrected chi connectivity index (χ0v) is 16.3. The Hall–Kier alpha value is -1.98. The second-order valence-corrected chi connectivity index (χ2v) is 7.25. The van der Waals surface area contributed by atoms with E-state index in [9.17, 15) is 4.79 Å². The molecule has 0 aromatic heterocycles. The van der Waals surface area contributed by atoms with Gasteiger partial charge in [-0.2, -0.15) is 0 Å². The minimum Gasteiger partial charge on any atom is -0.494 e. The van der Waals surface area contributed by atoms with Crippen molar-refractivity contribution in [2.75, 3.05) is 39.0 Å². The van der Waals surface area contributed by atoms with Gasteiger partial charge in [0.2, 0.25) is 0 Å². The zero-order valence-electron chi connectivity index (χ0n) is 15.5. The molecule has 2 aromatic carbocycles. The lowest BCUT2D eigenvalue weighted by Crippen LogP contribution is -2.48. The fraction of sp³-hybridized carbons (Fsp3) is 0.381. The lowest BCUT2D eigenvalue weighted by Gasteiger charge is -2.34. The second kappa shape index (κ2) is 9.10. The Bertz CT molecular complexity index is 708. The van der Waals surface area contributed by atoms with Crippen LogP contribution in [0.25, 0.3) is 0 Å². The van der Waals surface area contributed by atoms with Crippen LogP contribution in [0.15, 0.2) is 53.4 Å². The summed E-state index contributed by atoms with van der Waals surface area (Å²) >= 11 is 1.69. The Balaban J connectivity index is 1.50. The Kier molecular flexibility index (Phi) is 6.58. The second-order valence-electron chi connectivity index (χ2n) is 6.37. The van der Waals surface area contributed by atoms with Crippen molar-refractivity contribution in [2.45, 2.75) is 18.4 Å². The highest BCUT2D eigenvalue weighted by atomic mass is 32.2. The first-order chi connectivity index (χ1) is 12.7. The van der Waals surface area contributed by atoms with E-state index in [2.05, 4.69) is 17.0 Å². The average Bonchev–Trinajstić information content (AvgIpc) is 2.70. The summed E-state index contributed by atoms with van der Waals surface area (Å²) in [5.41, 5.74) is 2.06. The molecule has 26 heavy (non-hydrogen) atoms. The number of nitrogens with zero attached hydrogens (tertiary/aromatic N) is 2. The maximum Gasteiger partial charge on any atom is 0.253 e. The van der Waals surface area contributed by atoms with Crippen LogP contribution in [0.2, 0.25) is 0 Å². The molecule has 0 N–H and O–H groups in total. The van der Waals surface area contributed by atoms with E-state index in [0.717, 1.165) is 44.0 Å². The van der Waals surface area contributed by atoms with Gasteiger partial charge in [-0.05, 0) is 55.1 Å². The highest BCUT2D eigenvalue weighted by Crippen LogP contribution is 2.18. The number of thioether (sulfide) groups is 1. The topological polar surface area (TPSA) is 32.8 Å². The van der Waals surface area contributed by atoms with Crippen LogP contribution in [-0.2, 0) is 6.54 Å². The van der Waals surface area contributed by atoms with E-state index in [1.54, 1.807) is 11.8 Å². The molecule has 1 fully saturated rings. The Morgan fingerprint density at radius 2 is 1.65 bits per heavy atom. The number of ether oxygens (including phenoxy) is 1. The molecule has 1 amide bonds. The van der Waals surface area contributed by atoms with Crippen molar-refractivity contribution in [3.63, 3.8) is 0 Å². The van der Waals surface area contributed by atoms with Gasteiger partial charge >= 0.3 is 0 Å². The number of carbonyl (C=O) groups excluding carboxylic acids is 1. The van der Waals surface area contributed by atoms with Crippen LogP contribution in [0.4, 0.5) is 0 Å². The van der Waals surface area contributed by atoms with E-state index in [1.165, 1.54) is 10.5 Å². The molecule has 4 nitrogen and oxygen atoms in total. The highest BCUT2D eigenvalue weighted by Gasteiger charge is 2.22. The number of carbonyl (C=O) groups is 1. The molecule has 3 rings (SSSR count). The molecule has 5 heteroatoms. The maximum atomic E-state index is 12.7. The van der Waals surface area contributed by atoms with Gasteiger partial charge in [0.25, 0.3) is 5.91 Å². The van der Waals surface area contributed by atoms with Crippen LogP contribution in [0, 0.1) is 0 Å². The molecule has 2 aromatic rings. The molecular formula is C21H26N2O2S. The number of hydrogen-bond acceptors (Lipinski definition) is 4. The normalized spacial score (nSPS) is 15.1. The predicted molar refractivity (Wildman–Crippen MR) is 107 cm³/mol. The van der Waals surface area contributed by atoms with Gasteiger partial charge in [0.15, 0.2) is 0 Å². The van der Waals surface area contributed by atoms with Crippen LogP contribution in [-0.4, -0.2) is 54.7 Å². The fourth-order valence-electron chi connectivity index (χ4n) is 3.14. The van der Waals surface area contributed by atoms with E-state index >= 15 is 0 Å². The summed E-state index contributed by atoms with van der Waals surface area (Å²) in [5, 5.41) is 0. The largest absolute Gasteiger partial charge is 0.494 e. The van der Waals surface area contributed by atoms with E-state index < -0.39 is 0 Å². The summed E-state index contributed by atoms with van der Waals surface area (Å²) in [6.45, 7) is 6.96. The van der Waals surface area contributed by atoms with Crippen molar-refractivity contribution in [1.82, 2.24) is 9.80 Å². The van der Waals surface area contributed by atoms with Crippen LogP contribution in [0.3, 0.4) is 0 Å². The monoisotopic (exact) mass is 370 g/mol. The van der Waals surface area contributed by atoms with E-state index in [1.807, 2.05) is 54.5 Å². The third kappa shape index (κ3) is 4.80. The first kappa shape index (κ1) is 18.8. The third-order valence-electron chi connectivity index (χ3n) is 4.64. The van der Waals surface area contributed by atoms with Crippen molar-refractivity contribution in [1.29, 1.82) is 0 Å². The quantitative estimate of drug-likeness (QED) is 0.725. The molecule has 0 spiro atoms. The number of piperazine rings is 1. The molecule has 1 heterocycles. The zero-order chi connectivity index (χ0) is 18.4. The first-order valence-electron chi connectivity index (χ1n) is 9.07. The molecule has 1 aliphatic heterocycles. The molecule has 0 bridgehead atoms. The van der Waals surface area contributed by atoms with Crippen LogP contribution in [0.5, 0.6) is 5.75 Å². The summed E-state index contributed by atoms with van der Waals surface area (Å²) < 4.78 is 5.49. The SMILES string of the molecule is CCOc1ccc(CN2CCN(C(=O)c3ccc(SC)cc3)CC2)cc1. The van der Waals surface area contributed by atoms with Gasteiger partial charge in [-0.1, -0.05) is 12.1 Å². The van der Waals surface area contributed by atoms with Crippen LogP contribution in [0.1, 0.15) is 22.8 Å². The summed E-state index contributed by atoms with van der Waals surface area (Å²) in [6, 6.07) is 16.2. The van der Waals surface area contributed by atoms with Gasteiger partial charge in [-0.3, -0.25) is 9.69 Å². The van der Waals surface area contributed by atoms with Crippen molar-refractivity contribution >= 4 is 17.7 Å². The number of hydrogen-bond donors (Lipinski definition) is 0. The lowest BCUT2D eigenvalue weighted by molar-refractivity contribution is 0.0628. The Morgan fingerprint density at radius 3 is 2.23 bits per heavy atom. The van der Waals surface area contributed by atoms with E-state index in [4.69, 9.17) is 4.74 Å². The lowest BCUT2D eigenvalue weighted by atomic mass is 10.1. The highest BCUT2D eigenvalue weighted by molar-refractivity contribution is 7.98. The smallest absolute Gasteiger partial charge is 0.253 e. The van der Waals surface area contributed by atoms with E-state index in [0.29, 0.717) is 6.61 Å². The molecule has 1 saturated heterocycles. The molecular weight excluding hydrogens is 344 g/mol. The number of amides is 1. The molecule has 0 aliphatic carbocycles. The molecule has 0 atom stereocenters. The van der Waals surface area contributed by atoms with Crippen molar-refractivity contribution < 1.29 is 9.53 Å². The molecule has 0 radical (unpaired) electrons. The van der Waals surface area contributed by atoms with Crippen molar-refractivity contribution in [2.24, 2.45) is 0 Å². The summed E-state index contributed by atoms with van der Waals surface area (Å²) in [5.74, 6) is 1.05. The van der Waals surface area contributed by atoms with Crippen LogP contribution >= 0.6 is 11.8 Å². The molecule has 0 unspecified atom stereocenters. The number of rotatable bonds is 6. The summed E-state index contributed by atoms with van der Waals surface area (Å²) in [7, 11) is 0. The Labute approximate surface area is 160 Å². The van der Waals surface area contributed by atoms with Gasteiger partial charge in [0.05, 0.1) is 6.61 Å². The molecule has 0 saturated carbocycles. The molecule has 1 aliphatic rings. The van der Waals surface area contributed by atoms with Crippen LogP contribution < -0.4 is 4.74 Å². The predicted octanol–water partition coefficient (Wildman–Crippen LogP) is 3.77.